The molecular weight excluding hydrogens is 410 g/mol. The lowest BCUT2D eigenvalue weighted by Gasteiger charge is -2.33. The zero-order valence-electron chi connectivity index (χ0n) is 16.5. The van der Waals surface area contributed by atoms with Crippen molar-refractivity contribution in [3.63, 3.8) is 0 Å². The predicted octanol–water partition coefficient (Wildman–Crippen LogP) is 2.43. The normalized spacial score (nSPS) is 17.2. The van der Waals surface area contributed by atoms with Gasteiger partial charge in [-0.3, -0.25) is 9.59 Å². The Morgan fingerprint density at radius 1 is 1.24 bits per heavy atom. The van der Waals surface area contributed by atoms with Gasteiger partial charge >= 0.3 is 0 Å². The summed E-state index contributed by atoms with van der Waals surface area (Å²) < 4.78 is 25.3. The maximum absolute atomic E-state index is 13.2. The highest BCUT2D eigenvalue weighted by Gasteiger charge is 2.28. The van der Waals surface area contributed by atoms with Gasteiger partial charge < -0.3 is 9.80 Å². The number of benzene rings is 1. The second kappa shape index (κ2) is 9.06. The molecule has 0 bridgehead atoms. The van der Waals surface area contributed by atoms with Crippen LogP contribution in [-0.4, -0.2) is 58.1 Å². The lowest BCUT2D eigenvalue weighted by molar-refractivity contribution is 0.0677. The lowest BCUT2D eigenvalue weighted by Crippen LogP contribution is -2.44. The molecule has 1 aromatic carbocycles. The molecule has 7 nitrogen and oxygen atoms in total. The van der Waals surface area contributed by atoms with Crippen molar-refractivity contribution in [1.29, 1.82) is 0 Å². The van der Waals surface area contributed by atoms with Gasteiger partial charge in [-0.05, 0) is 42.3 Å². The lowest BCUT2D eigenvalue weighted by atomic mass is 9.97. The Kier molecular flexibility index (Phi) is 6.71. The molecule has 0 aliphatic carbocycles. The molecular formula is C20H25N3O4S2. The number of rotatable bonds is 6. The molecule has 1 aromatic heterocycles. The first kappa shape index (κ1) is 21.5. The molecule has 3 rings (SSSR count). The maximum Gasteiger partial charge on any atom is 0.268 e. The van der Waals surface area contributed by atoms with Crippen molar-refractivity contribution < 1.29 is 18.0 Å². The number of amides is 2. The van der Waals surface area contributed by atoms with Gasteiger partial charge in [0.05, 0.1) is 22.4 Å². The molecule has 0 radical (unpaired) electrons. The molecule has 1 N–H and O–H groups in total. The number of carbonyl (C=O) groups excluding carboxylic acids is 2. The maximum atomic E-state index is 13.2. The highest BCUT2D eigenvalue weighted by molar-refractivity contribution is 7.88. The first-order valence-electron chi connectivity index (χ1n) is 9.41. The first-order chi connectivity index (χ1) is 13.8. The molecule has 29 heavy (non-hydrogen) atoms. The number of nitrogens with zero attached hydrogens (tertiary/aromatic N) is 2. The van der Waals surface area contributed by atoms with E-state index in [-0.39, 0.29) is 17.7 Å². The minimum atomic E-state index is -3.26. The van der Waals surface area contributed by atoms with E-state index in [1.54, 1.807) is 42.3 Å². The van der Waals surface area contributed by atoms with Gasteiger partial charge in [0.2, 0.25) is 10.0 Å². The van der Waals surface area contributed by atoms with Crippen molar-refractivity contribution in [3.8, 4) is 0 Å². The standard InChI is InChI=1S/C20H25N3O4S2/c1-22(20(25)18-10-6-12-28-18)17-9-4-3-8-16(17)19(24)23-11-5-7-15(14-23)13-21-29(2,26)27/h3-4,6,8-10,12,15,21H,5,7,11,13-14H2,1-2H3. The third kappa shape index (κ3) is 5.43. The molecule has 2 amide bonds. The third-order valence-corrected chi connectivity index (χ3v) is 6.52. The van der Waals surface area contributed by atoms with E-state index in [1.165, 1.54) is 16.2 Å². The molecule has 1 fully saturated rings. The van der Waals surface area contributed by atoms with E-state index in [2.05, 4.69) is 4.72 Å². The fourth-order valence-corrected chi connectivity index (χ4v) is 4.71. The number of anilines is 1. The number of thiophene rings is 1. The zero-order chi connectivity index (χ0) is 21.0. The summed E-state index contributed by atoms with van der Waals surface area (Å²) in [6.07, 6.45) is 2.81. The molecule has 1 saturated heterocycles. The van der Waals surface area contributed by atoms with Crippen LogP contribution in [0.25, 0.3) is 0 Å². The summed E-state index contributed by atoms with van der Waals surface area (Å²) in [7, 11) is -1.59. The molecule has 156 valence electrons. The fraction of sp³-hybridized carbons (Fsp3) is 0.400. The van der Waals surface area contributed by atoms with E-state index < -0.39 is 10.0 Å². The number of piperidine rings is 1. The first-order valence-corrected chi connectivity index (χ1v) is 12.2. The summed E-state index contributed by atoms with van der Waals surface area (Å²) in [4.78, 5) is 29.8. The molecule has 9 heteroatoms. The van der Waals surface area contributed by atoms with E-state index in [9.17, 15) is 18.0 Å². The Bertz CT molecular complexity index is 973. The van der Waals surface area contributed by atoms with Gasteiger partial charge in [0.1, 0.15) is 0 Å². The largest absolute Gasteiger partial charge is 0.338 e. The number of hydrogen-bond donors (Lipinski definition) is 1. The Morgan fingerprint density at radius 3 is 2.69 bits per heavy atom. The second-order valence-electron chi connectivity index (χ2n) is 7.24. The predicted molar refractivity (Wildman–Crippen MR) is 115 cm³/mol. The molecule has 1 atom stereocenters. The highest BCUT2D eigenvalue weighted by atomic mass is 32.2. The van der Waals surface area contributed by atoms with Crippen molar-refractivity contribution in [2.45, 2.75) is 12.8 Å². The van der Waals surface area contributed by atoms with Crippen LogP contribution in [0.4, 0.5) is 5.69 Å². The molecule has 1 aliphatic rings. The van der Waals surface area contributed by atoms with Crippen LogP contribution in [0.15, 0.2) is 41.8 Å². The van der Waals surface area contributed by atoms with E-state index in [1.807, 2.05) is 11.4 Å². The Balaban J connectivity index is 1.76. The minimum absolute atomic E-state index is 0.0695. The second-order valence-corrected chi connectivity index (χ2v) is 10.0. The fourth-order valence-electron chi connectivity index (χ4n) is 3.48. The number of sulfonamides is 1. The quantitative estimate of drug-likeness (QED) is 0.755. The van der Waals surface area contributed by atoms with Crippen molar-refractivity contribution in [2.75, 3.05) is 37.8 Å². The monoisotopic (exact) mass is 435 g/mol. The van der Waals surface area contributed by atoms with Crippen LogP contribution < -0.4 is 9.62 Å². The summed E-state index contributed by atoms with van der Waals surface area (Å²) in [5.74, 6) is -0.232. The smallest absolute Gasteiger partial charge is 0.268 e. The highest BCUT2D eigenvalue weighted by Crippen LogP contribution is 2.26. The summed E-state index contributed by atoms with van der Waals surface area (Å²) >= 11 is 1.36. The molecule has 1 unspecified atom stereocenters. The van der Waals surface area contributed by atoms with Crippen LogP contribution in [0, 0.1) is 5.92 Å². The van der Waals surface area contributed by atoms with Crippen molar-refractivity contribution in [3.05, 3.63) is 52.2 Å². The topological polar surface area (TPSA) is 86.8 Å². The van der Waals surface area contributed by atoms with Crippen molar-refractivity contribution >= 4 is 38.9 Å². The Labute approximate surface area is 175 Å². The van der Waals surface area contributed by atoms with Gasteiger partial charge in [-0.15, -0.1) is 11.3 Å². The molecule has 2 heterocycles. The van der Waals surface area contributed by atoms with Crippen molar-refractivity contribution in [1.82, 2.24) is 9.62 Å². The number of carbonyl (C=O) groups is 2. The minimum Gasteiger partial charge on any atom is -0.338 e. The van der Waals surface area contributed by atoms with E-state index in [0.29, 0.717) is 35.8 Å². The van der Waals surface area contributed by atoms with Gasteiger partial charge in [0.25, 0.3) is 11.8 Å². The average molecular weight is 436 g/mol. The van der Waals surface area contributed by atoms with Gasteiger partial charge in [0, 0.05) is 26.7 Å². The zero-order valence-corrected chi connectivity index (χ0v) is 18.1. The van der Waals surface area contributed by atoms with Gasteiger partial charge in [0.15, 0.2) is 0 Å². The van der Waals surface area contributed by atoms with E-state index in [0.717, 1.165) is 19.1 Å². The average Bonchev–Trinajstić information content (AvgIpc) is 3.25. The Morgan fingerprint density at radius 2 is 2.00 bits per heavy atom. The van der Waals surface area contributed by atoms with Gasteiger partial charge in [-0.2, -0.15) is 0 Å². The third-order valence-electron chi connectivity index (χ3n) is 4.97. The summed E-state index contributed by atoms with van der Waals surface area (Å²) in [6.45, 7) is 1.42. The summed E-state index contributed by atoms with van der Waals surface area (Å²) in [5.41, 5.74) is 1.03. The van der Waals surface area contributed by atoms with Crippen LogP contribution in [0.2, 0.25) is 0 Å². The number of nitrogens with one attached hydrogen (secondary N) is 1. The molecule has 0 spiro atoms. The van der Waals surface area contributed by atoms with Gasteiger partial charge in [-0.25, -0.2) is 13.1 Å². The molecule has 1 aliphatic heterocycles. The number of likely N-dealkylation sites (tertiary alicyclic amines) is 1. The number of hydrogen-bond acceptors (Lipinski definition) is 5. The summed E-state index contributed by atoms with van der Waals surface area (Å²) in [6, 6.07) is 10.7. The van der Waals surface area contributed by atoms with Crippen LogP contribution in [0.5, 0.6) is 0 Å². The SMILES string of the molecule is CN(C(=O)c1cccs1)c1ccccc1C(=O)N1CCCC(CNS(C)(=O)=O)C1. The van der Waals surface area contributed by atoms with Crippen LogP contribution >= 0.6 is 11.3 Å². The number of para-hydroxylation sites is 1. The molecule has 2 aromatic rings. The van der Waals surface area contributed by atoms with Crippen LogP contribution in [0.3, 0.4) is 0 Å². The Hall–Kier alpha value is -2.23. The van der Waals surface area contributed by atoms with E-state index in [4.69, 9.17) is 0 Å². The van der Waals surface area contributed by atoms with E-state index >= 15 is 0 Å². The van der Waals surface area contributed by atoms with Gasteiger partial charge in [-0.1, -0.05) is 18.2 Å². The van der Waals surface area contributed by atoms with Crippen LogP contribution in [-0.2, 0) is 10.0 Å². The van der Waals surface area contributed by atoms with Crippen LogP contribution in [0.1, 0.15) is 32.9 Å². The summed E-state index contributed by atoms with van der Waals surface area (Å²) in [5, 5.41) is 1.84. The molecule has 0 saturated carbocycles. The van der Waals surface area contributed by atoms with Crippen molar-refractivity contribution in [2.24, 2.45) is 5.92 Å².